The van der Waals surface area contributed by atoms with Gasteiger partial charge in [-0.2, -0.15) is 0 Å². The van der Waals surface area contributed by atoms with Gasteiger partial charge in [0.05, 0.1) is 23.2 Å². The molecule has 106 valence electrons. The summed E-state index contributed by atoms with van der Waals surface area (Å²) in [5.41, 5.74) is 2.32. The standard InChI is InChI=1S/C16H21N3O/c1-11-18-13-4-2-3-5-15(13)19(11)9-8-17-14-10-12-6-7-16(14)20-12/h2-5,12,14,16-17H,6-10H2,1H3. The molecule has 2 bridgehead atoms. The lowest BCUT2D eigenvalue weighted by atomic mass is 9.95. The van der Waals surface area contributed by atoms with E-state index < -0.39 is 0 Å². The number of nitrogens with zero attached hydrogens (tertiary/aromatic N) is 2. The van der Waals surface area contributed by atoms with E-state index in [2.05, 4.69) is 40.0 Å². The van der Waals surface area contributed by atoms with Crippen LogP contribution in [0.25, 0.3) is 11.0 Å². The van der Waals surface area contributed by atoms with Crippen LogP contribution in [0.3, 0.4) is 0 Å². The number of aromatic nitrogens is 2. The van der Waals surface area contributed by atoms with E-state index in [1.165, 1.54) is 24.8 Å². The maximum Gasteiger partial charge on any atom is 0.106 e. The molecule has 2 aromatic rings. The van der Waals surface area contributed by atoms with Crippen molar-refractivity contribution in [2.45, 2.75) is 51.0 Å². The molecule has 1 N–H and O–H groups in total. The number of fused-ring (bicyclic) bond motifs is 3. The van der Waals surface area contributed by atoms with Crippen molar-refractivity contribution in [2.75, 3.05) is 6.54 Å². The fraction of sp³-hybridized carbons (Fsp3) is 0.562. The van der Waals surface area contributed by atoms with Gasteiger partial charge in [0.25, 0.3) is 0 Å². The van der Waals surface area contributed by atoms with Gasteiger partial charge in [-0.3, -0.25) is 0 Å². The lowest BCUT2D eigenvalue weighted by Crippen LogP contribution is -2.39. The Bertz CT molecular complexity index is 621. The summed E-state index contributed by atoms with van der Waals surface area (Å²) in [5, 5.41) is 3.67. The Labute approximate surface area is 119 Å². The first-order valence-electron chi connectivity index (χ1n) is 7.62. The molecule has 4 rings (SSSR count). The highest BCUT2D eigenvalue weighted by Gasteiger charge is 2.40. The Morgan fingerprint density at radius 1 is 1.35 bits per heavy atom. The van der Waals surface area contributed by atoms with Crippen LogP contribution in [0.5, 0.6) is 0 Å². The molecule has 2 fully saturated rings. The van der Waals surface area contributed by atoms with Gasteiger partial charge in [0, 0.05) is 19.1 Å². The molecule has 2 aliphatic heterocycles. The van der Waals surface area contributed by atoms with E-state index >= 15 is 0 Å². The fourth-order valence-corrected chi connectivity index (χ4v) is 3.69. The van der Waals surface area contributed by atoms with Crippen LogP contribution in [0, 0.1) is 6.92 Å². The lowest BCUT2D eigenvalue weighted by molar-refractivity contribution is 0.0974. The number of ether oxygens (including phenoxy) is 1. The van der Waals surface area contributed by atoms with Crippen LogP contribution in [-0.4, -0.2) is 34.3 Å². The zero-order valence-electron chi connectivity index (χ0n) is 11.9. The molecule has 0 radical (unpaired) electrons. The normalized spacial score (nSPS) is 28.6. The summed E-state index contributed by atoms with van der Waals surface area (Å²) in [6, 6.07) is 8.91. The molecule has 0 saturated carbocycles. The molecule has 0 aliphatic carbocycles. The number of hydrogen-bond acceptors (Lipinski definition) is 3. The van der Waals surface area contributed by atoms with Gasteiger partial charge < -0.3 is 14.6 Å². The molecule has 4 heteroatoms. The molecule has 2 saturated heterocycles. The van der Waals surface area contributed by atoms with Crippen molar-refractivity contribution in [2.24, 2.45) is 0 Å². The van der Waals surface area contributed by atoms with Gasteiger partial charge in [0.15, 0.2) is 0 Å². The molecular weight excluding hydrogens is 250 g/mol. The average Bonchev–Trinajstić information content (AvgIpc) is 3.13. The minimum absolute atomic E-state index is 0.459. The molecule has 2 aliphatic rings. The monoisotopic (exact) mass is 271 g/mol. The maximum absolute atomic E-state index is 5.88. The smallest absolute Gasteiger partial charge is 0.106 e. The first kappa shape index (κ1) is 12.4. The van der Waals surface area contributed by atoms with Crippen molar-refractivity contribution >= 4 is 11.0 Å². The molecule has 3 unspecified atom stereocenters. The lowest BCUT2D eigenvalue weighted by Gasteiger charge is -2.20. The third-order valence-electron chi connectivity index (χ3n) is 4.69. The van der Waals surface area contributed by atoms with Crippen molar-refractivity contribution < 1.29 is 4.74 Å². The topological polar surface area (TPSA) is 39.1 Å². The second kappa shape index (κ2) is 4.86. The third-order valence-corrected chi connectivity index (χ3v) is 4.69. The number of imidazole rings is 1. The van der Waals surface area contributed by atoms with Gasteiger partial charge in [-0.15, -0.1) is 0 Å². The number of hydrogen-bond donors (Lipinski definition) is 1. The summed E-state index contributed by atoms with van der Waals surface area (Å²) >= 11 is 0. The molecule has 0 spiro atoms. The summed E-state index contributed by atoms with van der Waals surface area (Å²) in [7, 11) is 0. The van der Waals surface area contributed by atoms with Gasteiger partial charge in [0.1, 0.15) is 5.82 Å². The van der Waals surface area contributed by atoms with Crippen LogP contribution in [-0.2, 0) is 11.3 Å². The van der Waals surface area contributed by atoms with E-state index in [0.717, 1.165) is 24.4 Å². The Balaban J connectivity index is 1.42. The van der Waals surface area contributed by atoms with E-state index in [1.54, 1.807) is 0 Å². The second-order valence-electron chi connectivity index (χ2n) is 5.97. The van der Waals surface area contributed by atoms with Crippen molar-refractivity contribution in [1.29, 1.82) is 0 Å². The van der Waals surface area contributed by atoms with Gasteiger partial charge >= 0.3 is 0 Å². The van der Waals surface area contributed by atoms with Crippen LogP contribution < -0.4 is 5.32 Å². The largest absolute Gasteiger partial charge is 0.373 e. The molecule has 3 atom stereocenters. The minimum Gasteiger partial charge on any atom is -0.373 e. The fourth-order valence-electron chi connectivity index (χ4n) is 3.69. The Kier molecular flexibility index (Phi) is 3.00. The van der Waals surface area contributed by atoms with Crippen LogP contribution in [0.1, 0.15) is 25.1 Å². The number of benzene rings is 1. The molecule has 20 heavy (non-hydrogen) atoms. The first-order chi connectivity index (χ1) is 9.81. The Morgan fingerprint density at radius 3 is 3.05 bits per heavy atom. The summed E-state index contributed by atoms with van der Waals surface area (Å²) in [4.78, 5) is 4.61. The first-order valence-corrected chi connectivity index (χ1v) is 7.62. The summed E-state index contributed by atoms with van der Waals surface area (Å²) in [6.07, 6.45) is 4.66. The molecule has 4 nitrogen and oxygen atoms in total. The molecule has 0 amide bonds. The van der Waals surface area contributed by atoms with Crippen LogP contribution in [0.2, 0.25) is 0 Å². The molecule has 3 heterocycles. The number of para-hydroxylation sites is 2. The predicted molar refractivity (Wildman–Crippen MR) is 78.8 cm³/mol. The minimum atomic E-state index is 0.459. The van der Waals surface area contributed by atoms with Crippen LogP contribution in [0.4, 0.5) is 0 Å². The van der Waals surface area contributed by atoms with Crippen molar-refractivity contribution in [3.05, 3.63) is 30.1 Å². The summed E-state index contributed by atoms with van der Waals surface area (Å²) < 4.78 is 8.19. The predicted octanol–water partition coefficient (Wildman–Crippen LogP) is 2.25. The molecule has 1 aromatic heterocycles. The second-order valence-corrected chi connectivity index (χ2v) is 5.97. The van der Waals surface area contributed by atoms with E-state index in [9.17, 15) is 0 Å². The van der Waals surface area contributed by atoms with Gasteiger partial charge in [-0.1, -0.05) is 12.1 Å². The molecule has 1 aromatic carbocycles. The highest BCUT2D eigenvalue weighted by molar-refractivity contribution is 5.75. The SMILES string of the molecule is Cc1nc2ccccc2n1CCNC1CC2CCC1O2. The highest BCUT2D eigenvalue weighted by Crippen LogP contribution is 2.34. The van der Waals surface area contributed by atoms with Crippen molar-refractivity contribution in [3.8, 4) is 0 Å². The molecular formula is C16H21N3O. The summed E-state index contributed by atoms with van der Waals surface area (Å²) in [6.45, 7) is 4.04. The third kappa shape index (κ3) is 2.03. The Morgan fingerprint density at radius 2 is 2.25 bits per heavy atom. The Hall–Kier alpha value is -1.39. The summed E-state index contributed by atoms with van der Waals surface area (Å²) in [5.74, 6) is 1.09. The number of nitrogens with one attached hydrogen (secondary N) is 1. The average molecular weight is 271 g/mol. The maximum atomic E-state index is 5.88. The van der Waals surface area contributed by atoms with Gasteiger partial charge in [-0.25, -0.2) is 4.98 Å². The van der Waals surface area contributed by atoms with E-state index in [-0.39, 0.29) is 0 Å². The highest BCUT2D eigenvalue weighted by atomic mass is 16.5. The van der Waals surface area contributed by atoms with Crippen LogP contribution in [0.15, 0.2) is 24.3 Å². The van der Waals surface area contributed by atoms with Gasteiger partial charge in [0.2, 0.25) is 0 Å². The quantitative estimate of drug-likeness (QED) is 0.927. The van der Waals surface area contributed by atoms with Crippen LogP contribution >= 0.6 is 0 Å². The van der Waals surface area contributed by atoms with E-state index in [0.29, 0.717) is 18.2 Å². The zero-order chi connectivity index (χ0) is 13.5. The van der Waals surface area contributed by atoms with E-state index in [4.69, 9.17) is 4.74 Å². The number of aryl methyl sites for hydroxylation is 1. The van der Waals surface area contributed by atoms with Crippen molar-refractivity contribution in [1.82, 2.24) is 14.9 Å². The van der Waals surface area contributed by atoms with Crippen molar-refractivity contribution in [3.63, 3.8) is 0 Å². The number of rotatable bonds is 4. The zero-order valence-corrected chi connectivity index (χ0v) is 11.9. The van der Waals surface area contributed by atoms with E-state index in [1.807, 2.05) is 6.07 Å². The van der Waals surface area contributed by atoms with Gasteiger partial charge in [-0.05, 0) is 38.3 Å².